The van der Waals surface area contributed by atoms with E-state index in [1.54, 1.807) is 0 Å². The van der Waals surface area contributed by atoms with E-state index in [4.69, 9.17) is 19.6 Å². The minimum atomic E-state index is -2.79. The molecule has 0 fully saturated rings. The molecular weight excluding hydrogens is 258 g/mol. The molecule has 0 aromatic heterocycles. The van der Waals surface area contributed by atoms with Crippen LogP contribution in [0.3, 0.4) is 0 Å². The third-order valence-electron chi connectivity index (χ3n) is 1.52. The van der Waals surface area contributed by atoms with Gasteiger partial charge in [-0.25, -0.2) is 5.26 Å². The minimum Gasteiger partial charge on any atom is -0.202 e. The maximum absolute atomic E-state index is 10.0. The van der Waals surface area contributed by atoms with E-state index in [0.29, 0.717) is 6.61 Å². The Hall–Kier alpha value is -0.0000000000000000416. The van der Waals surface area contributed by atoms with Crippen LogP contribution in [0.4, 0.5) is 0 Å². The summed E-state index contributed by atoms with van der Waals surface area (Å²) in [4.78, 5) is 15.6. The van der Waals surface area contributed by atoms with Crippen LogP contribution in [-0.2, 0) is 18.3 Å². The number of rotatable bonds is 8. The van der Waals surface area contributed by atoms with E-state index in [1.807, 2.05) is 0 Å². The summed E-state index contributed by atoms with van der Waals surface area (Å²) < 4.78 is 26.4. The molecule has 0 bridgehead atoms. The fraction of sp³-hybridized carbons (Fsp3) is 1.00. The molecule has 0 aliphatic carbocycles. The molecule has 0 rings (SSSR count). The van der Waals surface area contributed by atoms with Crippen molar-refractivity contribution in [2.45, 2.75) is 39.0 Å². The van der Waals surface area contributed by atoms with E-state index in [1.165, 1.54) is 19.3 Å². The number of unbranched alkanes of at least 4 members (excludes halogenated alkanes) is 4. The van der Waals surface area contributed by atoms with Crippen molar-refractivity contribution >= 4 is 16.5 Å². The summed E-state index contributed by atoms with van der Waals surface area (Å²) in [5, 5.41) is 7.11. The second-order valence-electron chi connectivity index (χ2n) is 2.80. The van der Waals surface area contributed by atoms with Crippen LogP contribution < -0.4 is 0 Å². The zero-order valence-electron chi connectivity index (χ0n) is 9.11. The van der Waals surface area contributed by atoms with Crippen molar-refractivity contribution in [3.8, 4) is 0 Å². The molecule has 0 aromatic rings. The van der Waals surface area contributed by atoms with Crippen molar-refractivity contribution in [1.82, 2.24) is 0 Å². The highest BCUT2D eigenvalue weighted by molar-refractivity contribution is 7.32. The first-order chi connectivity index (χ1) is 7.54. The lowest BCUT2D eigenvalue weighted by Crippen LogP contribution is -1.86. The molecule has 2 atom stereocenters. The van der Waals surface area contributed by atoms with Gasteiger partial charge in [0.1, 0.15) is 6.61 Å². The molecule has 7 nitrogen and oxygen atoms in total. The second-order valence-corrected chi connectivity index (χ2v) is 4.18. The van der Waals surface area contributed by atoms with Gasteiger partial charge in [0.25, 0.3) is 0 Å². The highest BCUT2D eigenvalue weighted by Crippen LogP contribution is 2.15. The maximum Gasteiger partial charge on any atom is 0.725 e. The van der Waals surface area contributed by atoms with Crippen molar-refractivity contribution in [2.75, 3.05) is 6.61 Å². The van der Waals surface area contributed by atoms with E-state index in [-0.39, 0.29) is 0 Å². The third-order valence-corrected chi connectivity index (χ3v) is 2.06. The molecule has 0 amide bonds. The van der Waals surface area contributed by atoms with Crippen LogP contribution >= 0.6 is 16.5 Å². The van der Waals surface area contributed by atoms with E-state index in [0.717, 1.165) is 12.8 Å². The molecule has 0 heterocycles. The summed E-state index contributed by atoms with van der Waals surface area (Å²) in [5.41, 5.74) is 0. The molecule has 2 unspecified atom stereocenters. The fourth-order valence-corrected chi connectivity index (χ4v) is 1.13. The average molecular weight is 276 g/mol. The highest BCUT2D eigenvalue weighted by Gasteiger charge is 2.09. The third kappa shape index (κ3) is 23.7. The molecule has 0 aliphatic heterocycles. The predicted octanol–water partition coefficient (Wildman–Crippen LogP) is 2.75. The van der Waals surface area contributed by atoms with Gasteiger partial charge in [-0.3, -0.25) is 0 Å². The molecule has 9 heteroatoms. The number of hydrogen-bond acceptors (Lipinski definition) is 5. The summed E-state index contributed by atoms with van der Waals surface area (Å²) >= 11 is 0. The number of hydrogen-bond donors (Lipinski definition) is 3. The molecule has 96 valence electrons. The predicted molar refractivity (Wildman–Crippen MR) is 58.1 cm³/mol. The Kier molecular flexibility index (Phi) is 17.2. The first kappa shape index (κ1) is 18.4. The van der Waals surface area contributed by atoms with Crippen molar-refractivity contribution in [2.24, 2.45) is 0 Å². The van der Waals surface area contributed by atoms with Crippen LogP contribution in [0.1, 0.15) is 39.0 Å². The van der Waals surface area contributed by atoms with Crippen molar-refractivity contribution < 1.29 is 33.4 Å². The molecular formula is C7H18O7P2+2. The average Bonchev–Trinajstić information content (AvgIpc) is 2.23. The van der Waals surface area contributed by atoms with E-state index >= 15 is 0 Å². The first-order valence-electron chi connectivity index (χ1n) is 4.81. The molecule has 3 N–H and O–H groups in total. The normalized spacial score (nSPS) is 11.5. The van der Waals surface area contributed by atoms with Crippen molar-refractivity contribution in [3.05, 3.63) is 0 Å². The summed E-state index contributed by atoms with van der Waals surface area (Å²) in [6.07, 6.45) is 5.64. The fourth-order valence-electron chi connectivity index (χ4n) is 0.848. The minimum absolute atomic E-state index is 0.412. The van der Waals surface area contributed by atoms with Gasteiger partial charge in [-0.05, 0) is 6.42 Å². The Bertz CT molecular complexity index is 188. The lowest BCUT2D eigenvalue weighted by molar-refractivity contribution is -0.138. The summed E-state index contributed by atoms with van der Waals surface area (Å²) in [6, 6.07) is 0. The lowest BCUT2D eigenvalue weighted by Gasteiger charge is -1.94. The van der Waals surface area contributed by atoms with E-state index in [2.05, 4.69) is 16.1 Å². The van der Waals surface area contributed by atoms with Crippen LogP contribution in [0.2, 0.25) is 0 Å². The Morgan fingerprint density at radius 3 is 1.88 bits per heavy atom. The van der Waals surface area contributed by atoms with Gasteiger partial charge in [0.2, 0.25) is 0 Å². The molecule has 0 radical (unpaired) electrons. The second kappa shape index (κ2) is 15.0. The molecule has 0 saturated heterocycles. The van der Waals surface area contributed by atoms with Crippen LogP contribution in [0, 0.1) is 0 Å². The van der Waals surface area contributed by atoms with E-state index < -0.39 is 16.5 Å². The van der Waals surface area contributed by atoms with Gasteiger partial charge in [0.05, 0.1) is 4.67 Å². The lowest BCUT2D eigenvalue weighted by atomic mass is 10.2. The van der Waals surface area contributed by atoms with E-state index in [9.17, 15) is 4.57 Å². The summed E-state index contributed by atoms with van der Waals surface area (Å²) in [6.45, 7) is 2.57. The largest absolute Gasteiger partial charge is 0.725 e. The van der Waals surface area contributed by atoms with Crippen molar-refractivity contribution in [3.63, 3.8) is 0 Å². The highest BCUT2D eigenvalue weighted by atomic mass is 31.1. The van der Waals surface area contributed by atoms with Crippen LogP contribution in [-0.4, -0.2) is 21.7 Å². The Labute approximate surface area is 96.2 Å². The van der Waals surface area contributed by atoms with Gasteiger partial charge in [0, 0.05) is 9.13 Å². The molecule has 0 aliphatic rings. The molecule has 16 heavy (non-hydrogen) atoms. The van der Waals surface area contributed by atoms with Gasteiger partial charge < -0.3 is 0 Å². The summed E-state index contributed by atoms with van der Waals surface area (Å²) in [7, 11) is -5.17. The van der Waals surface area contributed by atoms with Gasteiger partial charge in [-0.1, -0.05) is 32.6 Å². The standard InChI is InChI=1S/C7H15O3P.HO4P/c1-2-3-4-5-6-7-10-11(8)9;1-4-5(2)3/h2-7H2,1H3;(H-,1,2,3)/p+2. The quantitative estimate of drug-likeness (QED) is 0.270. The SMILES string of the molecule is CCCCCCCO[P+](=O)O.O=[P+](O)OO. The maximum atomic E-state index is 10.0. The zero-order valence-corrected chi connectivity index (χ0v) is 10.9. The van der Waals surface area contributed by atoms with Crippen molar-refractivity contribution in [1.29, 1.82) is 0 Å². The van der Waals surface area contributed by atoms with Gasteiger partial charge >= 0.3 is 16.5 Å². The van der Waals surface area contributed by atoms with Gasteiger partial charge in [-0.2, -0.15) is 0 Å². The smallest absolute Gasteiger partial charge is 0.202 e. The molecule has 0 aromatic carbocycles. The summed E-state index contributed by atoms with van der Waals surface area (Å²) in [5.74, 6) is 0. The van der Waals surface area contributed by atoms with Crippen LogP contribution in [0.5, 0.6) is 0 Å². The Balaban J connectivity index is 0. The van der Waals surface area contributed by atoms with Crippen LogP contribution in [0.25, 0.3) is 0 Å². The molecule has 0 saturated carbocycles. The topological polar surface area (TPSA) is 113 Å². The zero-order chi connectivity index (χ0) is 12.8. The first-order valence-corrected chi connectivity index (χ1v) is 7.07. The monoisotopic (exact) mass is 276 g/mol. The Morgan fingerprint density at radius 1 is 1.00 bits per heavy atom. The van der Waals surface area contributed by atoms with Gasteiger partial charge in [-0.15, -0.1) is 14.3 Å². The van der Waals surface area contributed by atoms with Gasteiger partial charge in [0.15, 0.2) is 0 Å². The van der Waals surface area contributed by atoms with Crippen LogP contribution in [0.15, 0.2) is 0 Å². The Morgan fingerprint density at radius 2 is 1.50 bits per heavy atom. The molecule has 0 spiro atoms.